The molecule has 1 amide bonds. The van der Waals surface area contributed by atoms with Gasteiger partial charge in [-0.2, -0.15) is 0 Å². The van der Waals surface area contributed by atoms with Gasteiger partial charge in [-0.15, -0.1) is 6.58 Å². The van der Waals surface area contributed by atoms with E-state index < -0.39 is 0 Å². The van der Waals surface area contributed by atoms with Crippen LogP contribution in [0.3, 0.4) is 0 Å². The lowest BCUT2D eigenvalue weighted by atomic mass is 10.0. The summed E-state index contributed by atoms with van der Waals surface area (Å²) in [5.74, 6) is 1.61. The number of carbonyl (C=O) groups is 1. The molecule has 0 aromatic heterocycles. The Labute approximate surface area is 138 Å². The summed E-state index contributed by atoms with van der Waals surface area (Å²) in [6.07, 6.45) is 3.35. The number of hydrogen-bond acceptors (Lipinski definition) is 4. The van der Waals surface area contributed by atoms with Gasteiger partial charge in [-0.3, -0.25) is 4.79 Å². The maximum absolute atomic E-state index is 12.9. The highest BCUT2D eigenvalue weighted by molar-refractivity contribution is 5.95. The van der Waals surface area contributed by atoms with E-state index in [-0.39, 0.29) is 11.9 Å². The lowest BCUT2D eigenvalue weighted by molar-refractivity contribution is 0.0743. The third kappa shape index (κ3) is 3.50. The van der Waals surface area contributed by atoms with Crippen LogP contribution in [0.4, 0.5) is 0 Å². The van der Waals surface area contributed by atoms with E-state index in [1.54, 1.807) is 26.4 Å². The Bertz CT molecular complexity index is 586. The molecule has 2 atom stereocenters. The van der Waals surface area contributed by atoms with Crippen LogP contribution in [-0.2, 0) is 6.42 Å². The predicted octanol–water partition coefficient (Wildman–Crippen LogP) is 2.24. The van der Waals surface area contributed by atoms with E-state index in [0.717, 1.165) is 12.0 Å². The van der Waals surface area contributed by atoms with Gasteiger partial charge in [-0.05, 0) is 44.4 Å². The maximum Gasteiger partial charge on any atom is 0.254 e. The SMILES string of the molecule is C=CCc1cc(C(=O)N2CC(CN)CC2C)cc(OC)c1OC. The van der Waals surface area contributed by atoms with Crippen LogP contribution in [0, 0.1) is 5.92 Å². The highest BCUT2D eigenvalue weighted by Crippen LogP contribution is 2.34. The fourth-order valence-electron chi connectivity index (χ4n) is 3.24. The van der Waals surface area contributed by atoms with E-state index in [4.69, 9.17) is 15.2 Å². The van der Waals surface area contributed by atoms with E-state index >= 15 is 0 Å². The van der Waals surface area contributed by atoms with Crippen molar-refractivity contribution in [1.29, 1.82) is 0 Å². The van der Waals surface area contributed by atoms with Gasteiger partial charge in [-0.25, -0.2) is 0 Å². The highest BCUT2D eigenvalue weighted by Gasteiger charge is 2.32. The molecular formula is C18H26N2O3. The molecule has 0 saturated carbocycles. The van der Waals surface area contributed by atoms with E-state index in [1.165, 1.54) is 0 Å². The van der Waals surface area contributed by atoms with Gasteiger partial charge in [0.15, 0.2) is 11.5 Å². The molecule has 1 aromatic carbocycles. The first-order valence-electron chi connectivity index (χ1n) is 7.92. The number of carbonyl (C=O) groups excluding carboxylic acids is 1. The second kappa shape index (κ2) is 7.51. The maximum atomic E-state index is 12.9. The standard InChI is InChI=1S/C18H26N2O3/c1-5-6-14-8-15(9-16(22-3)17(14)23-4)18(21)20-11-13(10-19)7-12(20)2/h5,8-9,12-13H,1,6-7,10-11,19H2,2-4H3. The van der Waals surface area contributed by atoms with Crippen molar-refractivity contribution in [2.45, 2.75) is 25.8 Å². The van der Waals surface area contributed by atoms with Crippen LogP contribution in [0.5, 0.6) is 11.5 Å². The molecule has 0 spiro atoms. The van der Waals surface area contributed by atoms with Crippen LogP contribution in [0.1, 0.15) is 29.3 Å². The lowest BCUT2D eigenvalue weighted by Gasteiger charge is -2.23. The Morgan fingerprint density at radius 3 is 2.70 bits per heavy atom. The van der Waals surface area contributed by atoms with Crippen molar-refractivity contribution in [2.75, 3.05) is 27.3 Å². The first-order chi connectivity index (χ1) is 11.0. The van der Waals surface area contributed by atoms with Gasteiger partial charge in [0.2, 0.25) is 0 Å². The van der Waals surface area contributed by atoms with Crippen molar-refractivity contribution in [2.24, 2.45) is 11.7 Å². The molecule has 1 saturated heterocycles. The number of nitrogens with zero attached hydrogens (tertiary/aromatic N) is 1. The van der Waals surface area contributed by atoms with Crippen molar-refractivity contribution in [3.05, 3.63) is 35.9 Å². The first-order valence-corrected chi connectivity index (χ1v) is 7.92. The Kier molecular flexibility index (Phi) is 5.66. The van der Waals surface area contributed by atoms with Gasteiger partial charge < -0.3 is 20.1 Å². The van der Waals surface area contributed by atoms with Crippen LogP contribution < -0.4 is 15.2 Å². The summed E-state index contributed by atoms with van der Waals surface area (Å²) in [4.78, 5) is 14.8. The minimum Gasteiger partial charge on any atom is -0.493 e. The summed E-state index contributed by atoms with van der Waals surface area (Å²) in [6, 6.07) is 3.82. The Hall–Kier alpha value is -2.01. The molecule has 23 heavy (non-hydrogen) atoms. The van der Waals surface area contributed by atoms with Crippen LogP contribution >= 0.6 is 0 Å². The van der Waals surface area contributed by atoms with E-state index in [0.29, 0.717) is 42.5 Å². The molecule has 2 rings (SSSR count). The summed E-state index contributed by atoms with van der Waals surface area (Å²) < 4.78 is 10.8. The minimum absolute atomic E-state index is 0.0136. The number of hydrogen-bond donors (Lipinski definition) is 1. The molecule has 2 unspecified atom stereocenters. The van der Waals surface area contributed by atoms with Crippen molar-refractivity contribution in [3.8, 4) is 11.5 Å². The van der Waals surface area contributed by atoms with Crippen molar-refractivity contribution in [3.63, 3.8) is 0 Å². The average molecular weight is 318 g/mol. The van der Waals surface area contributed by atoms with E-state index in [1.807, 2.05) is 11.0 Å². The summed E-state index contributed by atoms with van der Waals surface area (Å²) in [5.41, 5.74) is 7.27. The fraction of sp³-hybridized carbons (Fsp3) is 0.500. The average Bonchev–Trinajstić information content (AvgIpc) is 2.94. The number of methoxy groups -OCH3 is 2. The number of nitrogens with two attached hydrogens (primary N) is 1. The second-order valence-corrected chi connectivity index (χ2v) is 6.01. The zero-order valence-electron chi connectivity index (χ0n) is 14.2. The molecular weight excluding hydrogens is 292 g/mol. The fourth-order valence-corrected chi connectivity index (χ4v) is 3.24. The molecule has 0 aliphatic carbocycles. The van der Waals surface area contributed by atoms with Gasteiger partial charge in [-0.1, -0.05) is 6.08 Å². The smallest absolute Gasteiger partial charge is 0.254 e. The topological polar surface area (TPSA) is 64.8 Å². The van der Waals surface area contributed by atoms with Crippen molar-refractivity contribution >= 4 is 5.91 Å². The highest BCUT2D eigenvalue weighted by atomic mass is 16.5. The van der Waals surface area contributed by atoms with E-state index in [9.17, 15) is 4.79 Å². The zero-order valence-corrected chi connectivity index (χ0v) is 14.2. The van der Waals surface area contributed by atoms with Gasteiger partial charge >= 0.3 is 0 Å². The number of rotatable bonds is 6. The van der Waals surface area contributed by atoms with Gasteiger partial charge in [0.1, 0.15) is 0 Å². The minimum atomic E-state index is 0.0136. The quantitative estimate of drug-likeness (QED) is 0.817. The molecule has 1 aromatic rings. The Morgan fingerprint density at radius 1 is 1.43 bits per heavy atom. The normalized spacial score (nSPS) is 20.4. The molecule has 1 aliphatic heterocycles. The van der Waals surface area contributed by atoms with Gasteiger partial charge in [0.25, 0.3) is 5.91 Å². The second-order valence-electron chi connectivity index (χ2n) is 6.01. The lowest BCUT2D eigenvalue weighted by Crippen LogP contribution is -2.34. The summed E-state index contributed by atoms with van der Waals surface area (Å²) in [5, 5.41) is 0. The zero-order chi connectivity index (χ0) is 17.0. The molecule has 2 N–H and O–H groups in total. The third-order valence-corrected chi connectivity index (χ3v) is 4.42. The van der Waals surface area contributed by atoms with Gasteiger partial charge in [0, 0.05) is 23.7 Å². The van der Waals surface area contributed by atoms with Crippen molar-refractivity contribution in [1.82, 2.24) is 4.90 Å². The number of allylic oxidation sites excluding steroid dienone is 1. The molecule has 0 bridgehead atoms. The summed E-state index contributed by atoms with van der Waals surface area (Å²) >= 11 is 0. The van der Waals surface area contributed by atoms with Crippen molar-refractivity contribution < 1.29 is 14.3 Å². The number of ether oxygens (including phenoxy) is 2. The van der Waals surface area contributed by atoms with Crippen LogP contribution in [0.25, 0.3) is 0 Å². The molecule has 1 heterocycles. The molecule has 5 nitrogen and oxygen atoms in total. The summed E-state index contributed by atoms with van der Waals surface area (Å²) in [6.45, 7) is 7.16. The largest absolute Gasteiger partial charge is 0.493 e. The monoisotopic (exact) mass is 318 g/mol. The number of likely N-dealkylation sites (tertiary alicyclic amines) is 1. The van der Waals surface area contributed by atoms with Gasteiger partial charge in [0.05, 0.1) is 14.2 Å². The Morgan fingerprint density at radius 2 is 2.17 bits per heavy atom. The first kappa shape index (κ1) is 17.3. The third-order valence-electron chi connectivity index (χ3n) is 4.42. The van der Waals surface area contributed by atoms with Crippen LogP contribution in [-0.4, -0.2) is 44.2 Å². The molecule has 1 aliphatic rings. The van der Waals surface area contributed by atoms with E-state index in [2.05, 4.69) is 13.5 Å². The van der Waals surface area contributed by atoms with Crippen LogP contribution in [0.15, 0.2) is 24.8 Å². The number of benzene rings is 1. The number of amides is 1. The molecule has 5 heteroatoms. The Balaban J connectivity index is 2.36. The van der Waals surface area contributed by atoms with Crippen LogP contribution in [0.2, 0.25) is 0 Å². The molecule has 126 valence electrons. The molecule has 0 radical (unpaired) electrons. The predicted molar refractivity (Wildman–Crippen MR) is 91.1 cm³/mol. The summed E-state index contributed by atoms with van der Waals surface area (Å²) in [7, 11) is 3.17. The molecule has 1 fully saturated rings.